The topological polar surface area (TPSA) is 47.9 Å². The Morgan fingerprint density at radius 3 is 2.62 bits per heavy atom. The zero-order valence-corrected chi connectivity index (χ0v) is 9.53. The van der Waals surface area contributed by atoms with Gasteiger partial charge in [-0.2, -0.15) is 0 Å². The zero-order chi connectivity index (χ0) is 11.5. The van der Waals surface area contributed by atoms with Gasteiger partial charge in [0.2, 0.25) is 0 Å². The van der Waals surface area contributed by atoms with Crippen molar-refractivity contribution in [3.63, 3.8) is 0 Å². The highest BCUT2D eigenvalue weighted by Crippen LogP contribution is 2.36. The summed E-state index contributed by atoms with van der Waals surface area (Å²) in [6.07, 6.45) is 0.0785. The molecule has 1 aliphatic rings. The fourth-order valence-corrected chi connectivity index (χ4v) is 2.07. The van der Waals surface area contributed by atoms with Crippen LogP contribution in [-0.2, 0) is 11.2 Å². The fourth-order valence-electron chi connectivity index (χ4n) is 2.07. The number of hydrogen-bond donors (Lipinski definition) is 1. The van der Waals surface area contributed by atoms with Gasteiger partial charge in [0.15, 0.2) is 0 Å². The van der Waals surface area contributed by atoms with Gasteiger partial charge >= 0.3 is 0 Å². The van der Waals surface area contributed by atoms with Crippen molar-refractivity contribution in [2.45, 2.75) is 12.5 Å². The maximum absolute atomic E-state index is 10.0. The second kappa shape index (κ2) is 4.72. The number of ether oxygens (including phenoxy) is 3. The molecule has 0 aliphatic carbocycles. The summed E-state index contributed by atoms with van der Waals surface area (Å²) in [5.41, 5.74) is 1.77. The molecule has 1 aliphatic heterocycles. The van der Waals surface area contributed by atoms with Crippen LogP contribution in [0, 0.1) is 0 Å². The quantitative estimate of drug-likeness (QED) is 0.822. The van der Waals surface area contributed by atoms with Crippen LogP contribution in [0.2, 0.25) is 0 Å². The van der Waals surface area contributed by atoms with Crippen LogP contribution in [0.25, 0.3) is 0 Å². The van der Waals surface area contributed by atoms with Crippen LogP contribution in [0.5, 0.6) is 11.5 Å². The summed E-state index contributed by atoms with van der Waals surface area (Å²) in [5, 5.41) is 10.0. The Labute approximate surface area is 94.8 Å². The lowest BCUT2D eigenvalue weighted by Crippen LogP contribution is -2.07. The lowest BCUT2D eigenvalue weighted by molar-refractivity contribution is 0.0441. The highest BCUT2D eigenvalue weighted by Gasteiger charge is 2.23. The Morgan fingerprint density at radius 1 is 1.25 bits per heavy atom. The maximum Gasteiger partial charge on any atom is 0.125 e. The van der Waals surface area contributed by atoms with Crippen molar-refractivity contribution < 1.29 is 19.3 Å². The van der Waals surface area contributed by atoms with E-state index >= 15 is 0 Å². The molecule has 4 heteroatoms. The van der Waals surface area contributed by atoms with E-state index in [2.05, 4.69) is 0 Å². The van der Waals surface area contributed by atoms with Crippen LogP contribution in [0.1, 0.15) is 17.2 Å². The second-order valence-corrected chi connectivity index (χ2v) is 3.70. The molecule has 1 aromatic rings. The van der Waals surface area contributed by atoms with Gasteiger partial charge in [-0.25, -0.2) is 0 Å². The van der Waals surface area contributed by atoms with Gasteiger partial charge < -0.3 is 19.3 Å². The number of rotatable bonds is 2. The van der Waals surface area contributed by atoms with Crippen molar-refractivity contribution in [1.29, 1.82) is 0 Å². The minimum absolute atomic E-state index is 0.302. The number of methoxy groups -OCH3 is 2. The van der Waals surface area contributed by atoms with Gasteiger partial charge in [0.1, 0.15) is 17.6 Å². The summed E-state index contributed by atoms with van der Waals surface area (Å²) in [5.74, 6) is 1.47. The SMILES string of the molecule is COc1ccc(OC)c2c1CCOCC2O. The third-order valence-electron chi connectivity index (χ3n) is 2.82. The average molecular weight is 224 g/mol. The molecule has 0 saturated carbocycles. The van der Waals surface area contributed by atoms with Crippen molar-refractivity contribution in [3.8, 4) is 11.5 Å². The standard InChI is InChI=1S/C12H16O4/c1-14-10-3-4-11(15-2)12-8(10)5-6-16-7-9(12)13/h3-4,9,13H,5-7H2,1-2H3. The van der Waals surface area contributed by atoms with Crippen molar-refractivity contribution >= 4 is 0 Å². The molecule has 0 radical (unpaired) electrons. The molecule has 1 aromatic carbocycles. The predicted molar refractivity (Wildman–Crippen MR) is 59.0 cm³/mol. The van der Waals surface area contributed by atoms with Crippen LogP contribution in [0.15, 0.2) is 12.1 Å². The van der Waals surface area contributed by atoms with Crippen LogP contribution in [-0.4, -0.2) is 32.5 Å². The number of aliphatic hydroxyl groups excluding tert-OH is 1. The Morgan fingerprint density at radius 2 is 1.94 bits per heavy atom. The molecular weight excluding hydrogens is 208 g/mol. The molecule has 0 amide bonds. The first-order valence-electron chi connectivity index (χ1n) is 5.27. The maximum atomic E-state index is 10.0. The molecule has 1 atom stereocenters. The average Bonchev–Trinajstić information content (AvgIpc) is 2.51. The normalized spacial score (nSPS) is 19.8. The summed E-state index contributed by atoms with van der Waals surface area (Å²) >= 11 is 0. The first-order valence-corrected chi connectivity index (χ1v) is 5.27. The Bertz CT molecular complexity index is 376. The fraction of sp³-hybridized carbons (Fsp3) is 0.500. The van der Waals surface area contributed by atoms with E-state index in [-0.39, 0.29) is 0 Å². The Balaban J connectivity index is 2.56. The van der Waals surface area contributed by atoms with Crippen LogP contribution < -0.4 is 9.47 Å². The smallest absolute Gasteiger partial charge is 0.125 e. The van der Waals surface area contributed by atoms with Crippen molar-refractivity contribution in [2.75, 3.05) is 27.4 Å². The van der Waals surface area contributed by atoms with E-state index in [0.29, 0.717) is 19.0 Å². The van der Waals surface area contributed by atoms with Gasteiger partial charge in [0.25, 0.3) is 0 Å². The van der Waals surface area contributed by atoms with E-state index in [1.54, 1.807) is 14.2 Å². The summed E-state index contributed by atoms with van der Waals surface area (Å²) in [6.45, 7) is 0.893. The largest absolute Gasteiger partial charge is 0.496 e. The highest BCUT2D eigenvalue weighted by molar-refractivity contribution is 5.50. The summed E-state index contributed by atoms with van der Waals surface area (Å²) < 4.78 is 15.9. The van der Waals surface area contributed by atoms with Crippen LogP contribution in [0.4, 0.5) is 0 Å². The van der Waals surface area contributed by atoms with Gasteiger partial charge in [0.05, 0.1) is 27.4 Å². The molecule has 0 spiro atoms. The minimum Gasteiger partial charge on any atom is -0.496 e. The first kappa shape index (κ1) is 11.2. The molecule has 0 saturated heterocycles. The summed E-state index contributed by atoms with van der Waals surface area (Å²) in [6, 6.07) is 3.67. The second-order valence-electron chi connectivity index (χ2n) is 3.70. The number of benzene rings is 1. The highest BCUT2D eigenvalue weighted by atomic mass is 16.5. The van der Waals surface area contributed by atoms with Gasteiger partial charge in [-0.1, -0.05) is 0 Å². The number of hydrogen-bond acceptors (Lipinski definition) is 4. The third-order valence-corrected chi connectivity index (χ3v) is 2.82. The molecule has 88 valence electrons. The van der Waals surface area contributed by atoms with Crippen molar-refractivity contribution in [2.24, 2.45) is 0 Å². The van der Waals surface area contributed by atoms with Crippen molar-refractivity contribution in [1.82, 2.24) is 0 Å². The predicted octanol–water partition coefficient (Wildman–Crippen LogP) is 1.31. The van der Waals surface area contributed by atoms with E-state index in [4.69, 9.17) is 14.2 Å². The molecule has 0 aromatic heterocycles. The lowest BCUT2D eigenvalue weighted by Gasteiger charge is -2.17. The molecule has 0 bridgehead atoms. The molecule has 1 N–H and O–H groups in total. The molecule has 16 heavy (non-hydrogen) atoms. The Hall–Kier alpha value is -1.26. The van der Waals surface area contributed by atoms with Crippen molar-refractivity contribution in [3.05, 3.63) is 23.3 Å². The van der Waals surface area contributed by atoms with E-state index in [1.165, 1.54) is 0 Å². The summed E-state index contributed by atoms with van der Waals surface area (Å²) in [7, 11) is 3.22. The van der Waals surface area contributed by atoms with Gasteiger partial charge in [0, 0.05) is 11.1 Å². The molecule has 1 unspecified atom stereocenters. The summed E-state index contributed by atoms with van der Waals surface area (Å²) in [4.78, 5) is 0. The van der Waals surface area contributed by atoms with Gasteiger partial charge in [-0.15, -0.1) is 0 Å². The van der Waals surface area contributed by atoms with Gasteiger partial charge in [-0.3, -0.25) is 0 Å². The molecule has 1 heterocycles. The first-order chi connectivity index (χ1) is 7.77. The van der Waals surface area contributed by atoms with Crippen LogP contribution in [0.3, 0.4) is 0 Å². The zero-order valence-electron chi connectivity index (χ0n) is 9.53. The molecule has 2 rings (SSSR count). The number of aliphatic hydroxyl groups is 1. The van der Waals surface area contributed by atoms with E-state index in [9.17, 15) is 5.11 Å². The number of fused-ring (bicyclic) bond motifs is 1. The monoisotopic (exact) mass is 224 g/mol. The van der Waals surface area contributed by atoms with E-state index in [0.717, 1.165) is 23.3 Å². The minimum atomic E-state index is -0.650. The van der Waals surface area contributed by atoms with E-state index in [1.807, 2.05) is 12.1 Å². The Kier molecular flexibility index (Phi) is 3.31. The lowest BCUT2D eigenvalue weighted by atomic mass is 9.99. The third kappa shape index (κ3) is 1.86. The van der Waals surface area contributed by atoms with Crippen LogP contribution >= 0.6 is 0 Å². The molecule has 0 fully saturated rings. The molecule has 4 nitrogen and oxygen atoms in total. The molecular formula is C12H16O4. The van der Waals surface area contributed by atoms with E-state index < -0.39 is 6.10 Å². The van der Waals surface area contributed by atoms with Gasteiger partial charge in [-0.05, 0) is 18.6 Å².